The second kappa shape index (κ2) is 5.53. The average Bonchev–Trinajstić information content (AvgIpc) is 2.66. The van der Waals surface area contributed by atoms with Gasteiger partial charge >= 0.3 is 0 Å². The molecule has 0 aliphatic rings. The van der Waals surface area contributed by atoms with Crippen molar-refractivity contribution in [1.82, 2.24) is 14.9 Å². The molecule has 0 radical (unpaired) electrons. The number of carbonyl (C=O) groups excluding carboxylic acids is 1. The number of imidazole rings is 1. The van der Waals surface area contributed by atoms with E-state index in [0.29, 0.717) is 11.6 Å². The number of hydrogen-bond acceptors (Lipinski definition) is 2. The predicted molar refractivity (Wildman–Crippen MR) is 59.6 cm³/mol. The number of carbonyl (C=O) groups is 1. The molecule has 0 unspecified atom stereocenters. The van der Waals surface area contributed by atoms with Crippen molar-refractivity contribution in [3.8, 4) is 0 Å². The van der Waals surface area contributed by atoms with Gasteiger partial charge in [0.1, 0.15) is 5.69 Å². The molecule has 0 atom stereocenters. The zero-order valence-corrected chi connectivity index (χ0v) is 9.66. The summed E-state index contributed by atoms with van der Waals surface area (Å²) >= 11 is 0. The standard InChI is InChI=1S/C11H19N3O/c1-4-9(5-2)6-13-11(15)10-7-12-8-14(10)3/h7-9H,4-6H2,1-3H3,(H,13,15). The van der Waals surface area contributed by atoms with E-state index in [1.807, 2.05) is 7.05 Å². The van der Waals surface area contributed by atoms with Crippen molar-refractivity contribution in [3.63, 3.8) is 0 Å². The van der Waals surface area contributed by atoms with Gasteiger partial charge in [-0.15, -0.1) is 0 Å². The lowest BCUT2D eigenvalue weighted by atomic mass is 10.0. The molecule has 1 N–H and O–H groups in total. The number of nitrogens with one attached hydrogen (secondary N) is 1. The third-order valence-electron chi connectivity index (χ3n) is 2.76. The Kier molecular flexibility index (Phi) is 4.34. The summed E-state index contributed by atoms with van der Waals surface area (Å²) < 4.78 is 1.72. The molecule has 1 rings (SSSR count). The molecule has 0 fully saturated rings. The zero-order valence-electron chi connectivity index (χ0n) is 9.66. The van der Waals surface area contributed by atoms with Crippen molar-refractivity contribution < 1.29 is 4.79 Å². The van der Waals surface area contributed by atoms with E-state index in [9.17, 15) is 4.79 Å². The molecule has 0 spiro atoms. The maximum Gasteiger partial charge on any atom is 0.269 e. The summed E-state index contributed by atoms with van der Waals surface area (Å²) in [5, 5.41) is 2.93. The molecule has 4 heteroatoms. The minimum atomic E-state index is -0.0399. The van der Waals surface area contributed by atoms with Crippen molar-refractivity contribution >= 4 is 5.91 Å². The summed E-state index contributed by atoms with van der Waals surface area (Å²) in [6, 6.07) is 0. The SMILES string of the molecule is CCC(CC)CNC(=O)c1cncn1C. The number of rotatable bonds is 5. The molecule has 1 heterocycles. The number of aromatic nitrogens is 2. The third kappa shape index (κ3) is 3.08. The number of nitrogens with zero attached hydrogens (tertiary/aromatic N) is 2. The van der Waals surface area contributed by atoms with Crippen LogP contribution in [-0.4, -0.2) is 22.0 Å². The van der Waals surface area contributed by atoms with Gasteiger partial charge in [0.05, 0.1) is 12.5 Å². The quantitative estimate of drug-likeness (QED) is 0.800. The van der Waals surface area contributed by atoms with Crippen LogP contribution in [0, 0.1) is 5.92 Å². The summed E-state index contributed by atoms with van der Waals surface area (Å²) in [5.41, 5.74) is 0.612. The molecule has 0 aromatic carbocycles. The molecule has 0 aliphatic heterocycles. The van der Waals surface area contributed by atoms with Crippen LogP contribution in [-0.2, 0) is 7.05 Å². The van der Waals surface area contributed by atoms with E-state index in [0.717, 1.165) is 19.4 Å². The van der Waals surface area contributed by atoms with Gasteiger partial charge in [0.2, 0.25) is 0 Å². The number of amides is 1. The maximum atomic E-state index is 11.7. The van der Waals surface area contributed by atoms with Gasteiger partial charge in [0, 0.05) is 13.6 Å². The molecule has 1 aromatic rings. The first-order valence-electron chi connectivity index (χ1n) is 5.43. The molecule has 84 valence electrons. The van der Waals surface area contributed by atoms with E-state index >= 15 is 0 Å². The van der Waals surface area contributed by atoms with Crippen LogP contribution in [0.15, 0.2) is 12.5 Å². The molecule has 1 aromatic heterocycles. The van der Waals surface area contributed by atoms with E-state index in [2.05, 4.69) is 24.1 Å². The average molecular weight is 209 g/mol. The van der Waals surface area contributed by atoms with E-state index in [-0.39, 0.29) is 5.91 Å². The Balaban J connectivity index is 2.47. The molecule has 0 saturated heterocycles. The zero-order chi connectivity index (χ0) is 11.3. The molecule has 0 saturated carbocycles. The molecule has 4 nitrogen and oxygen atoms in total. The summed E-state index contributed by atoms with van der Waals surface area (Å²) in [6.45, 7) is 5.03. The molecule has 0 bridgehead atoms. The van der Waals surface area contributed by atoms with E-state index in [1.54, 1.807) is 17.1 Å². The van der Waals surface area contributed by atoms with E-state index in [1.165, 1.54) is 0 Å². The van der Waals surface area contributed by atoms with Gasteiger partial charge in [-0.1, -0.05) is 26.7 Å². The molecular weight excluding hydrogens is 190 g/mol. The lowest BCUT2D eigenvalue weighted by Crippen LogP contribution is -2.30. The number of hydrogen-bond donors (Lipinski definition) is 1. The predicted octanol–water partition coefficient (Wildman–Crippen LogP) is 1.59. The smallest absolute Gasteiger partial charge is 0.269 e. The van der Waals surface area contributed by atoms with Crippen LogP contribution in [0.2, 0.25) is 0 Å². The summed E-state index contributed by atoms with van der Waals surface area (Å²) in [5.74, 6) is 0.532. The van der Waals surface area contributed by atoms with Gasteiger partial charge in [-0.3, -0.25) is 4.79 Å². The monoisotopic (exact) mass is 209 g/mol. The van der Waals surface area contributed by atoms with Crippen LogP contribution < -0.4 is 5.32 Å². The second-order valence-electron chi connectivity index (χ2n) is 3.78. The van der Waals surface area contributed by atoms with Crippen LogP contribution in [0.4, 0.5) is 0 Å². The topological polar surface area (TPSA) is 46.9 Å². The lowest BCUT2D eigenvalue weighted by molar-refractivity contribution is 0.0938. The Morgan fingerprint density at radius 2 is 2.20 bits per heavy atom. The lowest BCUT2D eigenvalue weighted by Gasteiger charge is -2.13. The van der Waals surface area contributed by atoms with Crippen molar-refractivity contribution in [2.75, 3.05) is 6.54 Å². The van der Waals surface area contributed by atoms with Crippen LogP contribution in [0.1, 0.15) is 37.2 Å². The van der Waals surface area contributed by atoms with Crippen molar-refractivity contribution in [1.29, 1.82) is 0 Å². The minimum Gasteiger partial charge on any atom is -0.350 e. The van der Waals surface area contributed by atoms with Crippen LogP contribution in [0.25, 0.3) is 0 Å². The highest BCUT2D eigenvalue weighted by molar-refractivity contribution is 5.92. The first-order chi connectivity index (χ1) is 7.19. The highest BCUT2D eigenvalue weighted by atomic mass is 16.1. The van der Waals surface area contributed by atoms with Gasteiger partial charge in [0.25, 0.3) is 5.91 Å². The highest BCUT2D eigenvalue weighted by Gasteiger charge is 2.11. The molecule has 15 heavy (non-hydrogen) atoms. The molecule has 0 aliphatic carbocycles. The van der Waals surface area contributed by atoms with E-state index < -0.39 is 0 Å². The Hall–Kier alpha value is -1.32. The normalized spacial score (nSPS) is 10.7. The highest BCUT2D eigenvalue weighted by Crippen LogP contribution is 2.05. The van der Waals surface area contributed by atoms with Gasteiger partial charge in [-0.2, -0.15) is 0 Å². The van der Waals surface area contributed by atoms with Gasteiger partial charge < -0.3 is 9.88 Å². The molecule has 1 amide bonds. The Labute approximate surface area is 90.7 Å². The van der Waals surface area contributed by atoms with Gasteiger partial charge in [-0.25, -0.2) is 4.98 Å². The Morgan fingerprint density at radius 3 is 2.67 bits per heavy atom. The minimum absolute atomic E-state index is 0.0399. The van der Waals surface area contributed by atoms with Crippen molar-refractivity contribution in [2.45, 2.75) is 26.7 Å². The van der Waals surface area contributed by atoms with Gasteiger partial charge in [0.15, 0.2) is 0 Å². The van der Waals surface area contributed by atoms with Crippen molar-refractivity contribution in [3.05, 3.63) is 18.2 Å². The van der Waals surface area contributed by atoms with Crippen LogP contribution in [0.5, 0.6) is 0 Å². The largest absolute Gasteiger partial charge is 0.350 e. The first-order valence-corrected chi connectivity index (χ1v) is 5.43. The van der Waals surface area contributed by atoms with Crippen LogP contribution >= 0.6 is 0 Å². The van der Waals surface area contributed by atoms with Gasteiger partial charge in [-0.05, 0) is 5.92 Å². The summed E-state index contributed by atoms with van der Waals surface area (Å²) in [4.78, 5) is 15.6. The molecular formula is C11H19N3O. The fourth-order valence-corrected chi connectivity index (χ4v) is 1.48. The fraction of sp³-hybridized carbons (Fsp3) is 0.636. The Bertz CT molecular complexity index is 315. The first kappa shape index (κ1) is 11.8. The number of aryl methyl sites for hydroxylation is 1. The van der Waals surface area contributed by atoms with Crippen LogP contribution in [0.3, 0.4) is 0 Å². The second-order valence-corrected chi connectivity index (χ2v) is 3.78. The summed E-state index contributed by atoms with van der Waals surface area (Å²) in [7, 11) is 1.82. The maximum absolute atomic E-state index is 11.7. The fourth-order valence-electron chi connectivity index (χ4n) is 1.48. The summed E-state index contributed by atoms with van der Waals surface area (Å²) in [6.07, 6.45) is 5.42. The third-order valence-corrected chi connectivity index (χ3v) is 2.76. The van der Waals surface area contributed by atoms with Crippen molar-refractivity contribution in [2.24, 2.45) is 13.0 Å². The van der Waals surface area contributed by atoms with E-state index in [4.69, 9.17) is 0 Å². The Morgan fingerprint density at radius 1 is 1.53 bits per heavy atom.